The van der Waals surface area contributed by atoms with Crippen molar-refractivity contribution < 1.29 is 22.7 Å². The van der Waals surface area contributed by atoms with Crippen molar-refractivity contribution in [1.82, 2.24) is 0 Å². The van der Waals surface area contributed by atoms with Crippen LogP contribution in [0.4, 0.5) is 11.4 Å². The van der Waals surface area contributed by atoms with Gasteiger partial charge in [0.15, 0.2) is 11.5 Å². The molecule has 0 bridgehead atoms. The van der Waals surface area contributed by atoms with Crippen LogP contribution >= 0.6 is 0 Å². The van der Waals surface area contributed by atoms with Crippen LogP contribution in [0, 0.1) is 6.92 Å². The number of anilines is 2. The quantitative estimate of drug-likeness (QED) is 0.628. The molecular weight excluding hydrogens is 404 g/mol. The first-order valence-corrected chi connectivity index (χ1v) is 10.8. The van der Waals surface area contributed by atoms with Crippen LogP contribution in [0.25, 0.3) is 0 Å². The van der Waals surface area contributed by atoms with Crippen molar-refractivity contribution in [2.75, 3.05) is 24.0 Å². The number of nitrogens with one attached hydrogen (secondary N) is 2. The van der Waals surface area contributed by atoms with Gasteiger partial charge in [-0.25, -0.2) is 8.42 Å². The fraction of sp³-hybridized carbons (Fsp3) is 0.136. The molecule has 2 N–H and O–H groups in total. The highest BCUT2D eigenvalue weighted by Crippen LogP contribution is 2.34. The van der Waals surface area contributed by atoms with Crippen LogP contribution in [0.3, 0.4) is 0 Å². The molecule has 0 radical (unpaired) electrons. The molecule has 4 rings (SSSR count). The Morgan fingerprint density at radius 1 is 0.967 bits per heavy atom. The Labute approximate surface area is 174 Å². The zero-order valence-electron chi connectivity index (χ0n) is 16.2. The lowest BCUT2D eigenvalue weighted by molar-refractivity contribution is -0.114. The van der Waals surface area contributed by atoms with Crippen LogP contribution in [0.2, 0.25) is 0 Å². The number of hydrogen-bond donors (Lipinski definition) is 2. The highest BCUT2D eigenvalue weighted by Gasteiger charge is 2.23. The summed E-state index contributed by atoms with van der Waals surface area (Å²) in [5.74, 6) is 0.871. The van der Waals surface area contributed by atoms with Gasteiger partial charge in [-0.15, -0.1) is 0 Å². The molecule has 0 spiro atoms. The van der Waals surface area contributed by atoms with Crippen LogP contribution in [0.5, 0.6) is 11.5 Å². The summed E-state index contributed by atoms with van der Waals surface area (Å²) < 4.78 is 36.9. The highest BCUT2D eigenvalue weighted by atomic mass is 32.2. The predicted molar refractivity (Wildman–Crippen MR) is 113 cm³/mol. The molecule has 0 atom stereocenters. The van der Waals surface area contributed by atoms with E-state index in [0.29, 0.717) is 28.4 Å². The molecule has 1 heterocycles. The Bertz CT molecular complexity index is 1190. The molecule has 0 saturated heterocycles. The Kier molecular flexibility index (Phi) is 5.33. The molecule has 1 aliphatic rings. The number of sulfone groups is 1. The van der Waals surface area contributed by atoms with E-state index in [-0.39, 0.29) is 29.0 Å². The summed E-state index contributed by atoms with van der Waals surface area (Å²) in [5, 5.41) is 5.72. The molecule has 7 nitrogen and oxygen atoms in total. The van der Waals surface area contributed by atoms with Crippen LogP contribution in [0.1, 0.15) is 5.56 Å². The molecule has 0 unspecified atom stereocenters. The van der Waals surface area contributed by atoms with Gasteiger partial charge in [-0.2, -0.15) is 0 Å². The molecule has 1 amide bonds. The van der Waals surface area contributed by atoms with Crippen molar-refractivity contribution in [3.8, 4) is 11.5 Å². The van der Waals surface area contributed by atoms with E-state index in [0.717, 1.165) is 0 Å². The molecule has 0 aromatic heterocycles. The lowest BCUT2D eigenvalue weighted by Gasteiger charge is -2.15. The molecule has 30 heavy (non-hydrogen) atoms. The van der Waals surface area contributed by atoms with E-state index in [1.54, 1.807) is 73.7 Å². The Morgan fingerprint density at radius 2 is 1.73 bits per heavy atom. The maximum absolute atomic E-state index is 13.2. The van der Waals surface area contributed by atoms with Gasteiger partial charge in [-0.05, 0) is 42.8 Å². The monoisotopic (exact) mass is 424 g/mol. The molecular formula is C22H20N2O5S. The minimum Gasteiger partial charge on any atom is -0.454 e. The third-order valence-corrected chi connectivity index (χ3v) is 6.60. The van der Waals surface area contributed by atoms with Gasteiger partial charge in [0.1, 0.15) is 0 Å². The van der Waals surface area contributed by atoms with Gasteiger partial charge in [0, 0.05) is 11.8 Å². The molecule has 3 aromatic carbocycles. The number of amides is 1. The van der Waals surface area contributed by atoms with Gasteiger partial charge in [0.2, 0.25) is 22.5 Å². The summed E-state index contributed by atoms with van der Waals surface area (Å²) in [6.07, 6.45) is 0. The smallest absolute Gasteiger partial charge is 0.243 e. The fourth-order valence-corrected chi connectivity index (χ4v) is 4.89. The Hall–Kier alpha value is -3.52. The summed E-state index contributed by atoms with van der Waals surface area (Å²) in [4.78, 5) is 12.8. The average Bonchev–Trinajstić information content (AvgIpc) is 3.20. The topological polar surface area (TPSA) is 93.7 Å². The van der Waals surface area contributed by atoms with E-state index < -0.39 is 9.84 Å². The standard InChI is InChI=1S/C22H20N2O5S/c1-15-6-5-9-18(22(15)30(26,27)17-7-3-2-4-8-17)23-13-21(25)24-16-10-11-19-20(12-16)29-14-28-19/h2-12,23H,13-14H2,1H3,(H,24,25). The number of ether oxygens (including phenoxy) is 2. The minimum absolute atomic E-state index is 0.102. The first-order valence-electron chi connectivity index (χ1n) is 9.28. The minimum atomic E-state index is -3.74. The largest absolute Gasteiger partial charge is 0.454 e. The highest BCUT2D eigenvalue weighted by molar-refractivity contribution is 7.91. The van der Waals surface area contributed by atoms with Crippen molar-refractivity contribution in [3.05, 3.63) is 72.3 Å². The first kappa shape index (κ1) is 19.8. The van der Waals surface area contributed by atoms with Gasteiger partial charge in [-0.3, -0.25) is 4.79 Å². The van der Waals surface area contributed by atoms with E-state index in [2.05, 4.69) is 10.6 Å². The van der Waals surface area contributed by atoms with Gasteiger partial charge in [0.05, 0.1) is 22.0 Å². The lowest BCUT2D eigenvalue weighted by Crippen LogP contribution is -2.22. The van der Waals surface area contributed by atoms with Gasteiger partial charge in [0.25, 0.3) is 0 Å². The summed E-state index contributed by atoms with van der Waals surface area (Å²) in [7, 11) is -3.74. The normalized spacial score (nSPS) is 12.4. The van der Waals surface area contributed by atoms with Gasteiger partial charge < -0.3 is 20.1 Å². The third-order valence-electron chi connectivity index (χ3n) is 4.63. The number of hydrogen-bond acceptors (Lipinski definition) is 6. The second-order valence-electron chi connectivity index (χ2n) is 6.74. The summed E-state index contributed by atoms with van der Waals surface area (Å²) >= 11 is 0. The predicted octanol–water partition coefficient (Wildman–Crippen LogP) is 3.61. The molecule has 0 saturated carbocycles. The number of benzene rings is 3. The molecule has 0 aliphatic carbocycles. The second kappa shape index (κ2) is 8.08. The van der Waals surface area contributed by atoms with Crippen LogP contribution < -0.4 is 20.1 Å². The molecule has 154 valence electrons. The fourth-order valence-electron chi connectivity index (χ4n) is 3.22. The number of carbonyl (C=O) groups is 1. The lowest BCUT2D eigenvalue weighted by atomic mass is 10.2. The second-order valence-corrected chi connectivity index (χ2v) is 8.62. The maximum atomic E-state index is 13.2. The summed E-state index contributed by atoms with van der Waals surface area (Å²) in [6, 6.07) is 18.5. The van der Waals surface area contributed by atoms with Crippen molar-refractivity contribution in [3.63, 3.8) is 0 Å². The number of carbonyl (C=O) groups excluding carboxylic acids is 1. The van der Waals surface area contributed by atoms with Crippen molar-refractivity contribution in [1.29, 1.82) is 0 Å². The average molecular weight is 424 g/mol. The van der Waals surface area contributed by atoms with Crippen LogP contribution in [0.15, 0.2) is 76.5 Å². The van der Waals surface area contributed by atoms with Crippen molar-refractivity contribution in [2.24, 2.45) is 0 Å². The van der Waals surface area contributed by atoms with Crippen LogP contribution in [-0.4, -0.2) is 27.7 Å². The number of aryl methyl sites for hydroxylation is 1. The summed E-state index contributed by atoms with van der Waals surface area (Å²) in [5.41, 5.74) is 1.53. The molecule has 0 fully saturated rings. The van der Waals surface area contributed by atoms with E-state index in [9.17, 15) is 13.2 Å². The van der Waals surface area contributed by atoms with Crippen LogP contribution in [-0.2, 0) is 14.6 Å². The molecule has 3 aromatic rings. The van der Waals surface area contributed by atoms with E-state index in [4.69, 9.17) is 9.47 Å². The maximum Gasteiger partial charge on any atom is 0.243 e. The van der Waals surface area contributed by atoms with E-state index >= 15 is 0 Å². The zero-order chi connectivity index (χ0) is 21.1. The SMILES string of the molecule is Cc1cccc(NCC(=O)Nc2ccc3c(c2)OCO3)c1S(=O)(=O)c1ccccc1. The molecule has 8 heteroatoms. The van der Waals surface area contributed by atoms with E-state index in [1.807, 2.05) is 0 Å². The molecule has 1 aliphatic heterocycles. The Balaban J connectivity index is 1.51. The summed E-state index contributed by atoms with van der Waals surface area (Å²) in [6.45, 7) is 1.78. The van der Waals surface area contributed by atoms with Gasteiger partial charge in [-0.1, -0.05) is 30.3 Å². The number of fused-ring (bicyclic) bond motifs is 1. The first-order chi connectivity index (χ1) is 14.4. The van der Waals surface area contributed by atoms with Gasteiger partial charge >= 0.3 is 0 Å². The van der Waals surface area contributed by atoms with Crippen molar-refractivity contribution in [2.45, 2.75) is 16.7 Å². The zero-order valence-corrected chi connectivity index (χ0v) is 17.0. The number of rotatable bonds is 6. The Morgan fingerprint density at radius 3 is 2.53 bits per heavy atom. The van der Waals surface area contributed by atoms with E-state index in [1.165, 1.54) is 0 Å². The third kappa shape index (κ3) is 3.95. The van der Waals surface area contributed by atoms with Crippen molar-refractivity contribution >= 4 is 27.1 Å².